The van der Waals surface area contributed by atoms with E-state index in [2.05, 4.69) is 157 Å². The molecule has 14 heterocycles. The van der Waals surface area contributed by atoms with Gasteiger partial charge in [0.25, 0.3) is 0 Å². The van der Waals surface area contributed by atoms with E-state index < -0.39 is 0 Å². The second-order valence-electron chi connectivity index (χ2n) is 29.4. The van der Waals surface area contributed by atoms with Crippen LogP contribution in [-0.2, 0) is 25.3 Å². The lowest BCUT2D eigenvalue weighted by Crippen LogP contribution is -2.42. The lowest BCUT2D eigenvalue weighted by atomic mass is 9.84. The van der Waals surface area contributed by atoms with E-state index in [0.29, 0.717) is 51.1 Å². The minimum atomic E-state index is -0.381. The zero-order chi connectivity index (χ0) is 86.9. The van der Waals surface area contributed by atoms with Crippen LogP contribution in [0.3, 0.4) is 0 Å². The Balaban J connectivity index is 0.000000124. The maximum absolute atomic E-state index is 11.3. The Hall–Kier alpha value is -10.2. The van der Waals surface area contributed by atoms with Gasteiger partial charge in [0.05, 0.1) is 100 Å². The number of nitrogens with zero attached hydrogens (tertiary/aromatic N) is 12. The Morgan fingerprint density at radius 3 is 1.74 bits per heavy atom. The monoisotopic (exact) mass is 1980 g/mol. The molecule has 3 fully saturated rings. The third-order valence-corrected chi connectivity index (χ3v) is 23.6. The summed E-state index contributed by atoms with van der Waals surface area (Å²) in [5.41, 5.74) is 34.9. The highest BCUT2D eigenvalue weighted by Gasteiger charge is 2.53. The van der Waals surface area contributed by atoms with Crippen LogP contribution in [0.4, 0.5) is 23.1 Å². The van der Waals surface area contributed by atoms with Crippen LogP contribution < -0.4 is 44.0 Å². The molecule has 26 nitrogen and oxygen atoms in total. The molecule has 0 bridgehead atoms. The molecule has 35 heteroatoms. The van der Waals surface area contributed by atoms with Crippen molar-refractivity contribution in [1.29, 1.82) is 0 Å². The molecule has 0 saturated carbocycles. The fourth-order valence-corrected chi connectivity index (χ4v) is 15.7. The highest BCUT2D eigenvalue weighted by molar-refractivity contribution is 9.11. The van der Waals surface area contributed by atoms with Crippen LogP contribution in [0.5, 0.6) is 0 Å². The molecule has 10 aromatic heterocycles. The molecule has 2 atom stereocenters. The molecule has 16 aromatic rings. The molecule has 3 saturated heterocycles. The van der Waals surface area contributed by atoms with Crippen LogP contribution in [0, 0.1) is 5.21 Å². The Morgan fingerprint density at radius 1 is 0.561 bits per heavy atom. The zero-order valence-corrected chi connectivity index (χ0v) is 76.4. The molecular formula is C88H85BBr4Cl4N20O6. The van der Waals surface area contributed by atoms with Gasteiger partial charge in [0.1, 0.15) is 23.7 Å². The first-order chi connectivity index (χ1) is 59.2. The summed E-state index contributed by atoms with van der Waals surface area (Å²) in [5.74, 6) is 1.34. The number of aromatic nitrogens is 14. The number of aromatic amines is 3. The molecule has 4 aliphatic heterocycles. The molecule has 6 aromatic carbocycles. The third kappa shape index (κ3) is 23.4. The lowest BCUT2D eigenvalue weighted by Gasteiger charge is -2.32. The summed E-state index contributed by atoms with van der Waals surface area (Å²) < 4.78 is 32.4. The normalized spacial score (nSPS) is 15.5. The van der Waals surface area contributed by atoms with E-state index in [1.807, 2.05) is 143 Å². The summed E-state index contributed by atoms with van der Waals surface area (Å²) in [6.45, 7) is 11.9. The third-order valence-electron chi connectivity index (χ3n) is 20.4. The number of allylic oxidation sites excluding steroid dienone is 1. The van der Waals surface area contributed by atoms with Gasteiger partial charge < -0.3 is 57.2 Å². The Morgan fingerprint density at radius 2 is 1.11 bits per heavy atom. The summed E-state index contributed by atoms with van der Waals surface area (Å²) in [7, 11) is -0.381. The van der Waals surface area contributed by atoms with Crippen LogP contribution in [0.2, 0.25) is 20.1 Å². The van der Waals surface area contributed by atoms with Crippen LogP contribution in [0.25, 0.3) is 87.9 Å². The van der Waals surface area contributed by atoms with Crippen LogP contribution in [0.15, 0.2) is 253 Å². The van der Waals surface area contributed by atoms with Crippen molar-refractivity contribution in [2.24, 2.45) is 10.7 Å². The van der Waals surface area contributed by atoms with Crippen molar-refractivity contribution in [2.75, 3.05) is 48.8 Å². The fourth-order valence-electron chi connectivity index (χ4n) is 13.4. The fraction of sp³-hybridized carbons (Fsp3) is 0.216. The Labute approximate surface area is 762 Å². The largest absolute Gasteiger partial charge is 0.618 e. The molecule has 0 radical (unpaired) electrons. The molecule has 0 aliphatic carbocycles. The number of benzene rings is 6. The maximum Gasteiger partial charge on any atom is 0.514 e. The summed E-state index contributed by atoms with van der Waals surface area (Å²) in [6, 6.07) is 52.5. The number of halogens is 8. The molecule has 20 rings (SSSR count). The summed E-state index contributed by atoms with van der Waals surface area (Å²) in [6.07, 6.45) is 22.1. The van der Waals surface area contributed by atoms with E-state index in [1.165, 1.54) is 24.3 Å². The molecule has 4 aliphatic rings. The first-order valence-electron chi connectivity index (χ1n) is 39.0. The number of aliphatic imine (C=N–C) groups is 1. The highest BCUT2D eigenvalue weighted by atomic mass is 79.9. The van der Waals surface area contributed by atoms with E-state index in [0.717, 1.165) is 179 Å². The van der Waals surface area contributed by atoms with Crippen LogP contribution in [0.1, 0.15) is 84.4 Å². The quantitative estimate of drug-likeness (QED) is 0.0378. The number of H-pyrrole nitrogens is 3. The van der Waals surface area contributed by atoms with Crippen molar-refractivity contribution in [3.05, 3.63) is 284 Å². The van der Waals surface area contributed by atoms with Crippen molar-refractivity contribution in [3.8, 4) is 22.5 Å². The Kier molecular flexibility index (Phi) is 30.9. The van der Waals surface area contributed by atoms with Gasteiger partial charge in [-0.3, -0.25) is 25.0 Å². The summed E-state index contributed by atoms with van der Waals surface area (Å²) in [5, 5.41) is 45.2. The number of ether oxygens (including phenoxy) is 2. The second-order valence-corrected chi connectivity index (χ2v) is 34.7. The van der Waals surface area contributed by atoms with Gasteiger partial charge in [-0.1, -0.05) is 147 Å². The number of nitrogen functional groups attached to an aromatic ring is 3. The number of nitrogens with two attached hydrogens (primary N) is 4. The average Bonchev–Trinajstić information content (AvgIpc) is 1.63. The molecule has 632 valence electrons. The average molecular weight is 1990 g/mol. The minimum absolute atomic E-state index is 0.00170. The molecule has 0 amide bonds. The molecule has 0 spiro atoms. The first-order valence-corrected chi connectivity index (χ1v) is 43.7. The van der Waals surface area contributed by atoms with Crippen molar-refractivity contribution in [1.82, 2.24) is 64.9 Å². The van der Waals surface area contributed by atoms with E-state index in [-0.39, 0.29) is 36.2 Å². The van der Waals surface area contributed by atoms with Crippen LogP contribution >= 0.6 is 110 Å². The van der Waals surface area contributed by atoms with Crippen molar-refractivity contribution < 1.29 is 23.5 Å². The Bertz CT molecular complexity index is 6450. The lowest BCUT2D eigenvalue weighted by molar-refractivity contribution is -0.577. The van der Waals surface area contributed by atoms with E-state index in [9.17, 15) is 10.0 Å². The highest BCUT2D eigenvalue weighted by Crippen LogP contribution is 2.39. The number of hydrogen-bond acceptors (Lipinski definition) is 20. The first kappa shape index (κ1) is 90.5. The van der Waals surface area contributed by atoms with Gasteiger partial charge in [-0.05, 0) is 187 Å². The number of nitrogens with one attached hydrogen (secondary N) is 4. The predicted molar refractivity (Wildman–Crippen MR) is 509 cm³/mol. The van der Waals surface area contributed by atoms with Gasteiger partial charge in [-0.25, -0.2) is 24.3 Å². The number of pyridine rings is 6. The standard InChI is InChI=1S/C17H17ClN4O.C16H15N7.C14H23BN2O3.C9H6BrClN2.C9H5BrClNO.C9H5BrClN.C9H6BrNO.C5H8N2/c18-13-10-16(19)21-14-9-11(4-5-12(13)14)15-6-7-20-22(15)17-3-1-2-8-23-17;17-16-8-14(18-9-11-3-5-19-22-11)12-2-1-10(7-15(12)21-16)13-4-6-20-23-13;1-13(2)14(3,4)20-15(19-13)11-8-9-16-17(11)12-7-5-6-10-18-12;10-5-1-2-6-7(11)4-9(12)13-8(6)3-5;10-6-1-2-7-8(11)3-4-12(13)9(7)5-6;10-6-1-2-7-8(11)3-4-12-9(7)5-6;10-6-1-2-7-8(5-6)11-4-3-9(7)12;6-3-5-1-2-7-4-5/h4-7,9-10,17H,1-3,8H2,(H2,19,21);1-8H,9H2,(H,19,22)(H,20,23)(H3,17,18,21);8-9,12H,5-7,10H2,1-4H3;1-4H,(H2,12,13);1-5H;1-5H;1-5H,(H,11,12);1-2H,3-4,6H2. The molecule has 12 N–H and O–H groups in total. The van der Waals surface area contributed by atoms with Gasteiger partial charge in [0.15, 0.2) is 17.9 Å². The van der Waals surface area contributed by atoms with Gasteiger partial charge in [0.2, 0.25) is 5.52 Å². The zero-order valence-electron chi connectivity index (χ0n) is 67.0. The number of hydrogen-bond donors (Lipinski definition) is 8. The second kappa shape index (κ2) is 42.0. The van der Waals surface area contributed by atoms with E-state index in [4.69, 9.17) is 88.1 Å². The van der Waals surface area contributed by atoms with Gasteiger partial charge in [0, 0.05) is 149 Å². The van der Waals surface area contributed by atoms with E-state index in [1.54, 1.807) is 79.8 Å². The molecule has 2 unspecified atom stereocenters. The minimum Gasteiger partial charge on any atom is -0.618 e. The van der Waals surface area contributed by atoms with Crippen LogP contribution in [-0.4, -0.2) is 116 Å². The maximum atomic E-state index is 11.3. The molecule has 123 heavy (non-hydrogen) atoms. The molecular weight excluding hydrogens is 1910 g/mol. The predicted octanol–water partition coefficient (Wildman–Crippen LogP) is 20.5. The summed E-state index contributed by atoms with van der Waals surface area (Å²) in [4.78, 5) is 35.4. The topological polar surface area (TPSA) is 370 Å². The number of anilines is 4. The van der Waals surface area contributed by atoms with Crippen molar-refractivity contribution in [3.63, 3.8) is 0 Å². The van der Waals surface area contributed by atoms with E-state index >= 15 is 0 Å². The number of rotatable bonds is 9. The van der Waals surface area contributed by atoms with Gasteiger partial charge >= 0.3 is 7.12 Å². The SMILES string of the molecule is CC1(C)OB(c2ccnn2C2CCCCO2)OC1(C)C.Clc1ccnc2cc(Br)ccc12.NCC1=CC=NC1.Nc1cc(Cl)c2ccc(-c3ccnn3C3CCCCO3)cc2n1.Nc1cc(Cl)c2ccc(Br)cc2n1.Nc1cc(NCc2ccn[nH]2)c2ccc(-c3ccn[nH]3)cc2n1.O=c1cc[nH]c2cc(Br)ccc12.[O-][n+]1ccc(Cl)c2ccc(Br)cc21. The number of fused-ring (bicyclic) bond motifs is 6. The van der Waals surface area contributed by atoms with Gasteiger partial charge in [-0.2, -0.15) is 25.1 Å². The van der Waals surface area contributed by atoms with Gasteiger partial charge in [-0.15, -0.1) is 0 Å². The smallest absolute Gasteiger partial charge is 0.514 e. The van der Waals surface area contributed by atoms with Crippen molar-refractivity contribution >= 4 is 218 Å². The van der Waals surface area contributed by atoms with Crippen molar-refractivity contribution in [2.45, 2.75) is 96.4 Å². The summed E-state index contributed by atoms with van der Waals surface area (Å²) >= 11 is 37.4.